The van der Waals surface area contributed by atoms with Gasteiger partial charge in [0.25, 0.3) is 0 Å². The fourth-order valence-electron chi connectivity index (χ4n) is 0.926. The van der Waals surface area contributed by atoms with Crippen LogP contribution in [0.5, 0.6) is 0 Å². The molecule has 1 N–H and O–H groups in total. The first-order valence-corrected chi connectivity index (χ1v) is 5.85. The van der Waals surface area contributed by atoms with Crippen molar-refractivity contribution in [3.63, 3.8) is 0 Å². The molecule has 0 rings (SSSR count). The predicted octanol–water partition coefficient (Wildman–Crippen LogP) is 3.77. The normalized spacial score (nSPS) is 17.3. The van der Waals surface area contributed by atoms with E-state index in [-0.39, 0.29) is 5.54 Å². The number of rotatable bonds is 6. The standard InChI is InChI=1S/C12H26N2O/c1-7-11(4,5)13-14-12(6,15)9-8-10(2)3/h10,15H,7-9H2,1-6H3. The van der Waals surface area contributed by atoms with Crippen molar-refractivity contribution in [3.8, 4) is 0 Å². The molecule has 0 aromatic rings. The van der Waals surface area contributed by atoms with E-state index in [1.807, 2.05) is 13.8 Å². The molecule has 0 aromatic heterocycles. The van der Waals surface area contributed by atoms with E-state index in [1.165, 1.54) is 0 Å². The van der Waals surface area contributed by atoms with Crippen molar-refractivity contribution in [2.24, 2.45) is 16.1 Å². The molecule has 0 aromatic carbocycles. The molecule has 0 amide bonds. The molecule has 1 atom stereocenters. The lowest BCUT2D eigenvalue weighted by atomic mass is 10.0. The summed E-state index contributed by atoms with van der Waals surface area (Å²) in [5, 5.41) is 18.2. The Kier molecular flexibility index (Phi) is 5.43. The molecule has 1 unspecified atom stereocenters. The fraction of sp³-hybridized carbons (Fsp3) is 1.00. The summed E-state index contributed by atoms with van der Waals surface area (Å²) in [5.41, 5.74) is -1.17. The first-order chi connectivity index (χ1) is 6.68. The molecule has 0 spiro atoms. The summed E-state index contributed by atoms with van der Waals surface area (Å²) in [7, 11) is 0. The SMILES string of the molecule is CCC(C)(C)N=NC(C)(O)CCC(C)C. The highest BCUT2D eigenvalue weighted by molar-refractivity contribution is 4.76. The Morgan fingerprint density at radius 3 is 2.07 bits per heavy atom. The van der Waals surface area contributed by atoms with E-state index < -0.39 is 5.72 Å². The minimum absolute atomic E-state index is 0.165. The van der Waals surface area contributed by atoms with Crippen LogP contribution < -0.4 is 0 Å². The molecule has 0 aliphatic rings. The Morgan fingerprint density at radius 2 is 1.67 bits per heavy atom. The van der Waals surface area contributed by atoms with Crippen molar-refractivity contribution in [2.45, 2.75) is 72.1 Å². The monoisotopic (exact) mass is 214 g/mol. The molecular weight excluding hydrogens is 188 g/mol. The summed E-state index contributed by atoms with van der Waals surface area (Å²) in [6, 6.07) is 0. The maximum atomic E-state index is 9.96. The summed E-state index contributed by atoms with van der Waals surface area (Å²) in [6.45, 7) is 12.1. The number of hydrogen-bond donors (Lipinski definition) is 1. The van der Waals surface area contributed by atoms with Crippen LogP contribution in [0.25, 0.3) is 0 Å². The van der Waals surface area contributed by atoms with E-state index in [0.717, 1.165) is 12.8 Å². The Morgan fingerprint density at radius 1 is 1.13 bits per heavy atom. The molecule has 0 aliphatic heterocycles. The molecule has 0 radical (unpaired) electrons. The van der Waals surface area contributed by atoms with Crippen LogP contribution in [0.3, 0.4) is 0 Å². The summed E-state index contributed by atoms with van der Waals surface area (Å²) in [5.74, 6) is 0.589. The first kappa shape index (κ1) is 14.6. The average Bonchev–Trinajstić information content (AvgIpc) is 2.13. The minimum Gasteiger partial charge on any atom is -0.368 e. The van der Waals surface area contributed by atoms with Gasteiger partial charge in [0.2, 0.25) is 0 Å². The highest BCUT2D eigenvalue weighted by Crippen LogP contribution is 2.21. The molecule has 0 saturated heterocycles. The second kappa shape index (κ2) is 5.59. The second-order valence-corrected chi connectivity index (χ2v) is 5.52. The largest absolute Gasteiger partial charge is 0.368 e. The maximum Gasteiger partial charge on any atom is 0.173 e. The Hall–Kier alpha value is -0.440. The van der Waals surface area contributed by atoms with Crippen LogP contribution >= 0.6 is 0 Å². The molecule has 15 heavy (non-hydrogen) atoms. The zero-order valence-corrected chi connectivity index (χ0v) is 11.0. The van der Waals surface area contributed by atoms with Gasteiger partial charge < -0.3 is 5.11 Å². The van der Waals surface area contributed by atoms with E-state index in [4.69, 9.17) is 0 Å². The lowest BCUT2D eigenvalue weighted by Crippen LogP contribution is -2.23. The fourth-order valence-corrected chi connectivity index (χ4v) is 0.926. The van der Waals surface area contributed by atoms with Crippen LogP contribution in [0, 0.1) is 5.92 Å². The van der Waals surface area contributed by atoms with Crippen molar-refractivity contribution in [1.29, 1.82) is 0 Å². The smallest absolute Gasteiger partial charge is 0.173 e. The zero-order valence-electron chi connectivity index (χ0n) is 11.0. The number of nitrogens with zero attached hydrogens (tertiary/aromatic N) is 2. The Labute approximate surface area is 94.0 Å². The van der Waals surface area contributed by atoms with E-state index in [2.05, 4.69) is 31.0 Å². The summed E-state index contributed by atoms with van der Waals surface area (Å²) in [4.78, 5) is 0. The minimum atomic E-state index is -1.00. The van der Waals surface area contributed by atoms with Gasteiger partial charge in [0.15, 0.2) is 5.72 Å². The summed E-state index contributed by atoms with van der Waals surface area (Å²) in [6.07, 6.45) is 2.57. The van der Waals surface area contributed by atoms with Crippen LogP contribution in [-0.4, -0.2) is 16.4 Å². The van der Waals surface area contributed by atoms with Gasteiger partial charge in [-0.3, -0.25) is 0 Å². The molecule has 3 heteroatoms. The third-order valence-corrected chi connectivity index (χ3v) is 2.60. The highest BCUT2D eigenvalue weighted by atomic mass is 16.3. The summed E-state index contributed by atoms with van der Waals surface area (Å²) >= 11 is 0. The van der Waals surface area contributed by atoms with Crippen molar-refractivity contribution in [3.05, 3.63) is 0 Å². The van der Waals surface area contributed by atoms with Crippen molar-refractivity contribution in [1.82, 2.24) is 0 Å². The quantitative estimate of drug-likeness (QED) is 0.672. The second-order valence-electron chi connectivity index (χ2n) is 5.52. The van der Waals surface area contributed by atoms with E-state index in [0.29, 0.717) is 12.3 Å². The van der Waals surface area contributed by atoms with Gasteiger partial charge in [0.1, 0.15) is 0 Å². The van der Waals surface area contributed by atoms with E-state index in [9.17, 15) is 5.11 Å². The third-order valence-electron chi connectivity index (χ3n) is 2.60. The van der Waals surface area contributed by atoms with E-state index >= 15 is 0 Å². The van der Waals surface area contributed by atoms with Crippen LogP contribution in [0.2, 0.25) is 0 Å². The van der Waals surface area contributed by atoms with Gasteiger partial charge in [-0.1, -0.05) is 20.8 Å². The summed E-state index contributed by atoms with van der Waals surface area (Å²) < 4.78 is 0. The maximum absolute atomic E-state index is 9.96. The Bertz CT molecular complexity index is 208. The molecule has 0 fully saturated rings. The van der Waals surface area contributed by atoms with Gasteiger partial charge in [-0.05, 0) is 46.0 Å². The van der Waals surface area contributed by atoms with Crippen LogP contribution in [0.4, 0.5) is 0 Å². The number of hydrogen-bond acceptors (Lipinski definition) is 3. The average molecular weight is 214 g/mol. The van der Waals surface area contributed by atoms with Gasteiger partial charge in [0, 0.05) is 0 Å². The topological polar surface area (TPSA) is 45.0 Å². The van der Waals surface area contributed by atoms with Gasteiger partial charge in [-0.15, -0.1) is 0 Å². The highest BCUT2D eigenvalue weighted by Gasteiger charge is 2.21. The predicted molar refractivity (Wildman–Crippen MR) is 63.9 cm³/mol. The Balaban J connectivity index is 4.24. The van der Waals surface area contributed by atoms with Gasteiger partial charge in [0.05, 0.1) is 5.54 Å². The molecule has 0 aliphatic carbocycles. The van der Waals surface area contributed by atoms with E-state index in [1.54, 1.807) is 6.92 Å². The van der Waals surface area contributed by atoms with Crippen molar-refractivity contribution in [2.75, 3.05) is 0 Å². The molecule has 0 heterocycles. The molecular formula is C12H26N2O. The van der Waals surface area contributed by atoms with Crippen LogP contribution in [-0.2, 0) is 0 Å². The van der Waals surface area contributed by atoms with Crippen LogP contribution in [0.15, 0.2) is 10.2 Å². The zero-order chi connectivity index (χ0) is 12.1. The van der Waals surface area contributed by atoms with Crippen molar-refractivity contribution < 1.29 is 5.11 Å². The van der Waals surface area contributed by atoms with Gasteiger partial charge in [-0.2, -0.15) is 10.2 Å². The number of azo groups is 1. The lowest BCUT2D eigenvalue weighted by molar-refractivity contribution is 0.0436. The third kappa shape index (κ3) is 7.48. The molecule has 0 bridgehead atoms. The molecule has 3 nitrogen and oxygen atoms in total. The lowest BCUT2D eigenvalue weighted by Gasteiger charge is -2.21. The van der Waals surface area contributed by atoms with Crippen LogP contribution in [0.1, 0.15) is 60.8 Å². The van der Waals surface area contributed by atoms with Gasteiger partial charge >= 0.3 is 0 Å². The molecule has 0 saturated carbocycles. The number of aliphatic hydroxyl groups is 1. The van der Waals surface area contributed by atoms with Crippen molar-refractivity contribution >= 4 is 0 Å². The first-order valence-electron chi connectivity index (χ1n) is 5.85. The molecule has 90 valence electrons. The van der Waals surface area contributed by atoms with Gasteiger partial charge in [-0.25, -0.2) is 0 Å².